The van der Waals surface area contributed by atoms with Crippen molar-refractivity contribution in [3.8, 4) is 0 Å². The van der Waals surface area contributed by atoms with Crippen LogP contribution in [-0.4, -0.2) is 31.4 Å². The Hall–Kier alpha value is -0.430. The summed E-state index contributed by atoms with van der Waals surface area (Å²) >= 11 is 1.29. The van der Waals surface area contributed by atoms with E-state index >= 15 is 0 Å². The van der Waals surface area contributed by atoms with E-state index in [0.717, 1.165) is 6.42 Å². The summed E-state index contributed by atoms with van der Waals surface area (Å²) in [5, 5.41) is 11.0. The number of rotatable bonds is 6. The Morgan fingerprint density at radius 2 is 2.11 bits per heavy atom. The zero-order valence-corrected chi connectivity index (χ0v) is 12.9. The highest BCUT2D eigenvalue weighted by atomic mass is 32.2. The van der Waals surface area contributed by atoms with Gasteiger partial charge in [-0.25, -0.2) is 12.7 Å². The largest absolute Gasteiger partial charge is 0.391 e. The van der Waals surface area contributed by atoms with Crippen molar-refractivity contribution in [2.45, 2.75) is 38.7 Å². The van der Waals surface area contributed by atoms with E-state index in [1.165, 1.54) is 15.6 Å². The summed E-state index contributed by atoms with van der Waals surface area (Å²) in [7, 11) is -1.89. The molecule has 0 fully saturated rings. The van der Waals surface area contributed by atoms with Crippen molar-refractivity contribution in [2.75, 3.05) is 13.6 Å². The maximum Gasteiger partial charge on any atom is 0.244 e. The summed E-state index contributed by atoms with van der Waals surface area (Å²) in [4.78, 5) is 0.796. The molecule has 4 nitrogen and oxygen atoms in total. The third-order valence-electron chi connectivity index (χ3n) is 3.07. The number of aliphatic hydroxyl groups excluding tert-OH is 1. The number of sulfonamides is 1. The van der Waals surface area contributed by atoms with Crippen molar-refractivity contribution in [1.29, 1.82) is 0 Å². The van der Waals surface area contributed by atoms with E-state index in [1.807, 2.05) is 13.8 Å². The minimum Gasteiger partial charge on any atom is -0.391 e. The van der Waals surface area contributed by atoms with Gasteiger partial charge in [0.1, 0.15) is 4.90 Å². The van der Waals surface area contributed by atoms with Crippen LogP contribution in [0.5, 0.6) is 0 Å². The van der Waals surface area contributed by atoms with Crippen LogP contribution in [0.15, 0.2) is 10.3 Å². The topological polar surface area (TPSA) is 57.6 Å². The number of hydrogen-bond donors (Lipinski definition) is 1. The molecule has 0 aliphatic carbocycles. The Morgan fingerprint density at radius 3 is 2.61 bits per heavy atom. The molecule has 1 unspecified atom stereocenters. The number of aryl methyl sites for hydroxylation is 1. The van der Waals surface area contributed by atoms with Gasteiger partial charge in [0, 0.05) is 13.6 Å². The smallest absolute Gasteiger partial charge is 0.244 e. The molecule has 1 atom stereocenters. The zero-order valence-electron chi connectivity index (χ0n) is 11.3. The number of aliphatic hydroxyl groups is 1. The van der Waals surface area contributed by atoms with Crippen molar-refractivity contribution in [3.63, 3.8) is 0 Å². The standard InChI is InChI=1S/C12H21NO3S2/c1-5-9(2)6-13(4)18(15,16)12-10(3)8-17-11(12)7-14/h8-9,14H,5-7H2,1-4H3. The van der Waals surface area contributed by atoms with Crippen molar-refractivity contribution in [2.24, 2.45) is 5.92 Å². The lowest BCUT2D eigenvalue weighted by molar-refractivity contribution is 0.282. The van der Waals surface area contributed by atoms with E-state index in [4.69, 9.17) is 0 Å². The molecule has 1 N–H and O–H groups in total. The van der Waals surface area contributed by atoms with Crippen LogP contribution in [0.1, 0.15) is 30.7 Å². The zero-order chi connectivity index (χ0) is 13.9. The molecule has 1 rings (SSSR count). The lowest BCUT2D eigenvalue weighted by Crippen LogP contribution is -2.31. The summed E-state index contributed by atoms with van der Waals surface area (Å²) in [5.74, 6) is 0.321. The molecule has 0 radical (unpaired) electrons. The van der Waals surface area contributed by atoms with Gasteiger partial charge in [0.2, 0.25) is 10.0 Å². The highest BCUT2D eigenvalue weighted by molar-refractivity contribution is 7.89. The van der Waals surface area contributed by atoms with Gasteiger partial charge in [-0.05, 0) is 23.8 Å². The first-order chi connectivity index (χ1) is 8.34. The van der Waals surface area contributed by atoms with Gasteiger partial charge >= 0.3 is 0 Å². The van der Waals surface area contributed by atoms with Crippen molar-refractivity contribution >= 4 is 21.4 Å². The Morgan fingerprint density at radius 1 is 1.50 bits per heavy atom. The van der Waals surface area contributed by atoms with Gasteiger partial charge in [0.15, 0.2) is 0 Å². The average Bonchev–Trinajstić information content (AvgIpc) is 2.70. The molecule has 0 amide bonds. The van der Waals surface area contributed by atoms with Gasteiger partial charge in [-0.15, -0.1) is 11.3 Å². The first kappa shape index (κ1) is 15.6. The lowest BCUT2D eigenvalue weighted by atomic mass is 10.1. The lowest BCUT2D eigenvalue weighted by Gasteiger charge is -2.21. The summed E-state index contributed by atoms with van der Waals surface area (Å²) in [6.07, 6.45) is 0.940. The molecule has 0 aliphatic rings. The third-order valence-corrected chi connectivity index (χ3v) is 6.34. The monoisotopic (exact) mass is 291 g/mol. The Balaban J connectivity index is 3.09. The summed E-state index contributed by atoms with van der Waals surface area (Å²) in [5.41, 5.74) is 0.708. The molecule has 1 aromatic heterocycles. The summed E-state index contributed by atoms with van der Waals surface area (Å²) < 4.78 is 26.3. The first-order valence-electron chi connectivity index (χ1n) is 5.98. The molecular formula is C12H21NO3S2. The molecule has 104 valence electrons. The van der Waals surface area contributed by atoms with Gasteiger partial charge in [-0.1, -0.05) is 20.3 Å². The van der Waals surface area contributed by atoms with Crippen LogP contribution in [0, 0.1) is 12.8 Å². The molecular weight excluding hydrogens is 270 g/mol. The van der Waals surface area contributed by atoms with Gasteiger partial charge in [-0.2, -0.15) is 0 Å². The van der Waals surface area contributed by atoms with Crippen molar-refractivity contribution in [3.05, 3.63) is 15.8 Å². The molecule has 1 aromatic rings. The second-order valence-corrected chi connectivity index (χ2v) is 7.57. The fraction of sp³-hybridized carbons (Fsp3) is 0.667. The van der Waals surface area contributed by atoms with E-state index in [2.05, 4.69) is 0 Å². The minimum absolute atomic E-state index is 0.232. The highest BCUT2D eigenvalue weighted by Gasteiger charge is 2.27. The minimum atomic E-state index is -3.49. The van der Waals surface area contributed by atoms with Crippen LogP contribution >= 0.6 is 11.3 Å². The fourth-order valence-electron chi connectivity index (χ4n) is 1.76. The van der Waals surface area contributed by atoms with E-state index in [1.54, 1.807) is 19.4 Å². The molecule has 0 saturated carbocycles. The molecule has 0 saturated heterocycles. The van der Waals surface area contributed by atoms with Crippen molar-refractivity contribution < 1.29 is 13.5 Å². The average molecular weight is 291 g/mol. The third kappa shape index (κ3) is 3.12. The molecule has 0 aromatic carbocycles. The highest BCUT2D eigenvalue weighted by Crippen LogP contribution is 2.29. The van der Waals surface area contributed by atoms with Gasteiger partial charge < -0.3 is 5.11 Å². The first-order valence-corrected chi connectivity index (χ1v) is 8.30. The van der Waals surface area contributed by atoms with Crippen LogP contribution in [0.3, 0.4) is 0 Å². The predicted molar refractivity (Wildman–Crippen MR) is 74.2 cm³/mol. The molecule has 6 heteroatoms. The van der Waals surface area contributed by atoms with Gasteiger partial charge in [0.05, 0.1) is 11.5 Å². The molecule has 1 heterocycles. The normalized spacial score (nSPS) is 14.1. The van der Waals surface area contributed by atoms with Gasteiger partial charge in [0.25, 0.3) is 0 Å². The molecule has 0 aliphatic heterocycles. The number of thiophene rings is 1. The molecule has 18 heavy (non-hydrogen) atoms. The van der Waals surface area contributed by atoms with Crippen LogP contribution in [0.4, 0.5) is 0 Å². The Kier molecular flexibility index (Phi) is 5.33. The van der Waals surface area contributed by atoms with Crippen LogP contribution in [0.25, 0.3) is 0 Å². The molecule has 0 spiro atoms. The van der Waals surface area contributed by atoms with Gasteiger partial charge in [-0.3, -0.25) is 0 Å². The number of nitrogens with zero attached hydrogens (tertiary/aromatic N) is 1. The Bertz CT molecular complexity index is 493. The number of hydrogen-bond acceptors (Lipinski definition) is 4. The quantitative estimate of drug-likeness (QED) is 0.874. The predicted octanol–water partition coefficient (Wildman–Crippen LogP) is 2.22. The van der Waals surface area contributed by atoms with E-state index in [-0.39, 0.29) is 11.5 Å². The van der Waals surface area contributed by atoms with Crippen LogP contribution < -0.4 is 0 Å². The fourth-order valence-corrected chi connectivity index (χ4v) is 4.66. The van der Waals surface area contributed by atoms with E-state index in [9.17, 15) is 13.5 Å². The van der Waals surface area contributed by atoms with Crippen LogP contribution in [-0.2, 0) is 16.6 Å². The second-order valence-electron chi connectivity index (χ2n) is 4.63. The SMILES string of the molecule is CCC(C)CN(C)S(=O)(=O)c1c(C)csc1CO. The summed E-state index contributed by atoms with van der Waals surface area (Å²) in [6, 6.07) is 0. The van der Waals surface area contributed by atoms with Crippen molar-refractivity contribution in [1.82, 2.24) is 4.31 Å². The second kappa shape index (κ2) is 6.14. The van der Waals surface area contributed by atoms with Crippen LogP contribution in [0.2, 0.25) is 0 Å². The summed E-state index contributed by atoms with van der Waals surface area (Å²) in [6.45, 7) is 6.10. The van der Waals surface area contributed by atoms with E-state index < -0.39 is 10.0 Å². The molecule has 0 bridgehead atoms. The maximum absolute atomic E-state index is 12.5. The van der Waals surface area contributed by atoms with E-state index in [0.29, 0.717) is 22.9 Å². The Labute approximate surface area is 113 Å². The maximum atomic E-state index is 12.5.